The number of hydrogen-bond acceptors (Lipinski definition) is 5. The number of anilines is 1. The van der Waals surface area contributed by atoms with E-state index in [9.17, 15) is 4.79 Å². The first-order chi connectivity index (χ1) is 14.5. The van der Waals surface area contributed by atoms with E-state index in [1.807, 2.05) is 69.3 Å². The molecule has 1 saturated carbocycles. The predicted molar refractivity (Wildman–Crippen MR) is 116 cm³/mol. The molecule has 0 bridgehead atoms. The monoisotopic (exact) mass is 405 g/mol. The zero-order valence-electron chi connectivity index (χ0n) is 17.7. The van der Waals surface area contributed by atoms with Crippen LogP contribution >= 0.6 is 0 Å². The van der Waals surface area contributed by atoms with Gasteiger partial charge in [-0.3, -0.25) is 4.90 Å². The molecule has 30 heavy (non-hydrogen) atoms. The molecule has 4 rings (SSSR count). The van der Waals surface area contributed by atoms with Crippen LogP contribution in [0.25, 0.3) is 22.8 Å². The number of carbonyl (C=O) groups excluding carboxylic acids is 1. The Morgan fingerprint density at radius 3 is 2.30 bits per heavy atom. The van der Waals surface area contributed by atoms with Gasteiger partial charge in [0.15, 0.2) is 0 Å². The predicted octanol–water partition coefficient (Wildman–Crippen LogP) is 6.01. The number of rotatable bonds is 5. The molecule has 1 aromatic heterocycles. The van der Waals surface area contributed by atoms with E-state index < -0.39 is 0 Å². The van der Waals surface area contributed by atoms with Crippen LogP contribution in [0.5, 0.6) is 0 Å². The molecule has 0 atom stereocenters. The number of benzene rings is 2. The third-order valence-electron chi connectivity index (χ3n) is 5.35. The third-order valence-corrected chi connectivity index (χ3v) is 5.35. The zero-order chi connectivity index (χ0) is 21.1. The lowest BCUT2D eigenvalue weighted by atomic mass is 10.1. The Balaban J connectivity index is 1.56. The van der Waals surface area contributed by atoms with Gasteiger partial charge >= 0.3 is 6.09 Å². The summed E-state index contributed by atoms with van der Waals surface area (Å²) in [5, 5.41) is 4.12. The van der Waals surface area contributed by atoms with E-state index in [2.05, 4.69) is 10.1 Å². The molecule has 0 unspecified atom stereocenters. The molecule has 0 saturated heterocycles. The second kappa shape index (κ2) is 8.69. The van der Waals surface area contributed by atoms with Gasteiger partial charge in [-0.1, -0.05) is 35.7 Å². The Bertz CT molecular complexity index is 987. The smallest absolute Gasteiger partial charge is 0.414 e. The number of nitrogens with zero attached hydrogens (tertiary/aromatic N) is 3. The molecular weight excluding hydrogens is 378 g/mol. The summed E-state index contributed by atoms with van der Waals surface area (Å²) >= 11 is 0. The van der Waals surface area contributed by atoms with E-state index in [0.717, 1.165) is 42.5 Å². The number of aryl methyl sites for hydroxylation is 1. The maximum atomic E-state index is 12.7. The molecule has 6 heteroatoms. The Morgan fingerprint density at radius 2 is 1.67 bits per heavy atom. The highest BCUT2D eigenvalue weighted by Gasteiger charge is 2.29. The van der Waals surface area contributed by atoms with Gasteiger partial charge in [-0.2, -0.15) is 4.98 Å². The second-order valence-corrected chi connectivity index (χ2v) is 8.08. The first kappa shape index (κ1) is 20.1. The summed E-state index contributed by atoms with van der Waals surface area (Å²) in [7, 11) is 0. The lowest BCUT2D eigenvalue weighted by Crippen LogP contribution is -2.40. The van der Waals surface area contributed by atoms with Crippen molar-refractivity contribution in [3.8, 4) is 22.8 Å². The van der Waals surface area contributed by atoms with Gasteiger partial charge in [-0.05, 0) is 70.0 Å². The Hall–Kier alpha value is -3.15. The second-order valence-electron chi connectivity index (χ2n) is 8.08. The van der Waals surface area contributed by atoms with Gasteiger partial charge in [-0.25, -0.2) is 4.79 Å². The van der Waals surface area contributed by atoms with Crippen molar-refractivity contribution in [1.82, 2.24) is 10.1 Å². The number of carbonyl (C=O) groups is 1. The maximum absolute atomic E-state index is 12.7. The van der Waals surface area contributed by atoms with Crippen LogP contribution < -0.4 is 4.90 Å². The fourth-order valence-corrected chi connectivity index (χ4v) is 3.81. The molecule has 1 aliphatic carbocycles. The SMILES string of the molecule is Cc1ccc(-c2nc(-c3ccc(N(C(=O)OC(C)C)C4CCCC4)cc3)no2)cc1. The summed E-state index contributed by atoms with van der Waals surface area (Å²) < 4.78 is 10.9. The summed E-state index contributed by atoms with van der Waals surface area (Å²) in [6, 6.07) is 15.8. The van der Waals surface area contributed by atoms with Crippen molar-refractivity contribution in [2.24, 2.45) is 0 Å². The molecule has 6 nitrogen and oxygen atoms in total. The standard InChI is InChI=1S/C24H27N3O3/c1-16(2)29-24(28)27(20-6-4-5-7-20)21-14-12-18(13-15-21)22-25-23(30-26-22)19-10-8-17(3)9-11-19/h8-16,20H,4-7H2,1-3H3. The van der Waals surface area contributed by atoms with Crippen LogP contribution in [-0.4, -0.2) is 28.4 Å². The van der Waals surface area contributed by atoms with Crippen LogP contribution in [0.15, 0.2) is 53.1 Å². The van der Waals surface area contributed by atoms with E-state index in [1.54, 1.807) is 4.90 Å². The molecule has 1 amide bonds. The van der Waals surface area contributed by atoms with Gasteiger partial charge in [0, 0.05) is 22.9 Å². The molecule has 1 aliphatic rings. The number of aromatic nitrogens is 2. The van der Waals surface area contributed by atoms with Crippen LogP contribution in [0.3, 0.4) is 0 Å². The van der Waals surface area contributed by atoms with Crippen LogP contribution in [0.1, 0.15) is 45.1 Å². The van der Waals surface area contributed by atoms with Crippen LogP contribution in [0, 0.1) is 6.92 Å². The first-order valence-corrected chi connectivity index (χ1v) is 10.5. The van der Waals surface area contributed by atoms with E-state index in [-0.39, 0.29) is 18.2 Å². The molecule has 3 aromatic rings. The van der Waals surface area contributed by atoms with Gasteiger partial charge in [0.1, 0.15) is 0 Å². The number of amides is 1. The fraction of sp³-hybridized carbons (Fsp3) is 0.375. The number of hydrogen-bond donors (Lipinski definition) is 0. The van der Waals surface area contributed by atoms with Crippen LogP contribution in [0.4, 0.5) is 10.5 Å². The highest BCUT2D eigenvalue weighted by Crippen LogP contribution is 2.31. The van der Waals surface area contributed by atoms with E-state index in [1.165, 1.54) is 5.56 Å². The molecule has 1 fully saturated rings. The summed E-state index contributed by atoms with van der Waals surface area (Å²) in [6.07, 6.45) is 3.84. The first-order valence-electron chi connectivity index (χ1n) is 10.5. The van der Waals surface area contributed by atoms with Crippen LogP contribution in [0.2, 0.25) is 0 Å². The minimum absolute atomic E-state index is 0.153. The van der Waals surface area contributed by atoms with Gasteiger partial charge in [0.05, 0.1) is 6.10 Å². The average molecular weight is 405 g/mol. The van der Waals surface area contributed by atoms with Crippen molar-refractivity contribution < 1.29 is 14.1 Å². The minimum atomic E-state index is -0.286. The quantitative estimate of drug-likeness (QED) is 0.520. The highest BCUT2D eigenvalue weighted by molar-refractivity contribution is 5.88. The molecule has 2 aromatic carbocycles. The van der Waals surface area contributed by atoms with Gasteiger partial charge < -0.3 is 9.26 Å². The Kier molecular flexibility index (Phi) is 5.84. The lowest BCUT2D eigenvalue weighted by molar-refractivity contribution is 0.120. The zero-order valence-corrected chi connectivity index (χ0v) is 17.7. The van der Waals surface area contributed by atoms with Gasteiger partial charge in [0.2, 0.25) is 5.82 Å². The van der Waals surface area contributed by atoms with E-state index in [4.69, 9.17) is 9.26 Å². The van der Waals surface area contributed by atoms with Crippen molar-refractivity contribution in [2.75, 3.05) is 4.90 Å². The molecule has 0 spiro atoms. The maximum Gasteiger partial charge on any atom is 0.414 e. The van der Waals surface area contributed by atoms with Crippen molar-refractivity contribution in [3.63, 3.8) is 0 Å². The molecule has 0 N–H and O–H groups in total. The Labute approximate surface area is 176 Å². The third kappa shape index (κ3) is 4.37. The van der Waals surface area contributed by atoms with E-state index >= 15 is 0 Å². The van der Waals surface area contributed by atoms with Crippen molar-refractivity contribution >= 4 is 11.8 Å². The average Bonchev–Trinajstić information content (AvgIpc) is 3.41. The molecule has 0 radical (unpaired) electrons. The van der Waals surface area contributed by atoms with Gasteiger partial charge in [-0.15, -0.1) is 0 Å². The minimum Gasteiger partial charge on any atom is -0.446 e. The van der Waals surface area contributed by atoms with Crippen LogP contribution in [-0.2, 0) is 4.74 Å². The Morgan fingerprint density at radius 1 is 1.03 bits per heavy atom. The summed E-state index contributed by atoms with van der Waals surface area (Å²) in [5.41, 5.74) is 3.74. The lowest BCUT2D eigenvalue weighted by Gasteiger charge is -2.29. The van der Waals surface area contributed by atoms with Gasteiger partial charge in [0.25, 0.3) is 5.89 Å². The largest absolute Gasteiger partial charge is 0.446 e. The fourth-order valence-electron chi connectivity index (χ4n) is 3.81. The highest BCUT2D eigenvalue weighted by atomic mass is 16.6. The summed E-state index contributed by atoms with van der Waals surface area (Å²) in [4.78, 5) is 19.1. The molecular formula is C24H27N3O3. The molecule has 0 aliphatic heterocycles. The van der Waals surface area contributed by atoms with Crippen molar-refractivity contribution in [1.29, 1.82) is 0 Å². The summed E-state index contributed by atoms with van der Waals surface area (Å²) in [5.74, 6) is 1.01. The molecule has 156 valence electrons. The van der Waals surface area contributed by atoms with Crippen molar-refractivity contribution in [2.45, 2.75) is 58.6 Å². The number of ether oxygens (including phenoxy) is 1. The van der Waals surface area contributed by atoms with Crippen molar-refractivity contribution in [3.05, 3.63) is 54.1 Å². The molecule has 1 heterocycles. The summed E-state index contributed by atoms with van der Waals surface area (Å²) in [6.45, 7) is 5.78. The normalized spacial score (nSPS) is 14.3. The van der Waals surface area contributed by atoms with E-state index in [0.29, 0.717) is 11.7 Å². The topological polar surface area (TPSA) is 68.5 Å².